The number of amides is 2. The van der Waals surface area contributed by atoms with Crippen molar-refractivity contribution in [2.24, 2.45) is 5.92 Å². The number of benzene rings is 2. The molecule has 0 radical (unpaired) electrons. The van der Waals surface area contributed by atoms with E-state index in [-0.39, 0.29) is 24.1 Å². The van der Waals surface area contributed by atoms with Crippen molar-refractivity contribution >= 4 is 28.9 Å². The van der Waals surface area contributed by atoms with Crippen molar-refractivity contribution in [1.29, 1.82) is 0 Å². The highest BCUT2D eigenvalue weighted by Gasteiger charge is 2.10. The number of furan rings is 1. The van der Waals surface area contributed by atoms with Gasteiger partial charge in [0.25, 0.3) is 5.91 Å². The molecule has 1 heterocycles. The van der Waals surface area contributed by atoms with Gasteiger partial charge < -0.3 is 25.1 Å². The van der Waals surface area contributed by atoms with Crippen molar-refractivity contribution in [1.82, 2.24) is 0 Å². The van der Waals surface area contributed by atoms with Crippen molar-refractivity contribution in [3.8, 4) is 5.75 Å². The van der Waals surface area contributed by atoms with E-state index in [1.165, 1.54) is 6.26 Å². The largest absolute Gasteiger partial charge is 0.491 e. The summed E-state index contributed by atoms with van der Waals surface area (Å²) < 4.78 is 10.8. The Hall–Kier alpha value is -3.74. The van der Waals surface area contributed by atoms with E-state index in [2.05, 4.69) is 29.8 Å². The van der Waals surface area contributed by atoms with Gasteiger partial charge in [0.1, 0.15) is 5.75 Å². The van der Waals surface area contributed by atoms with Crippen molar-refractivity contribution in [2.45, 2.75) is 13.8 Å². The number of ether oxygens (including phenoxy) is 1. The van der Waals surface area contributed by atoms with Gasteiger partial charge >= 0.3 is 0 Å². The number of hydrogen-bond acceptors (Lipinski definition) is 5. The van der Waals surface area contributed by atoms with Gasteiger partial charge in [0.05, 0.1) is 25.1 Å². The normalized spacial score (nSPS) is 10.5. The number of nitrogens with one attached hydrogen (secondary N) is 3. The molecule has 30 heavy (non-hydrogen) atoms. The second-order valence-electron chi connectivity index (χ2n) is 7.11. The third-order valence-corrected chi connectivity index (χ3v) is 4.05. The van der Waals surface area contributed by atoms with Crippen LogP contribution in [0, 0.1) is 5.92 Å². The lowest BCUT2D eigenvalue weighted by molar-refractivity contribution is -0.114. The highest BCUT2D eigenvalue weighted by molar-refractivity contribution is 6.02. The summed E-state index contributed by atoms with van der Waals surface area (Å²) in [5.74, 6) is 0.706. The molecule has 0 fully saturated rings. The zero-order chi connectivity index (χ0) is 21.3. The quantitative estimate of drug-likeness (QED) is 0.481. The number of para-hydroxylation sites is 2. The van der Waals surface area contributed by atoms with Gasteiger partial charge in [0, 0.05) is 11.4 Å². The number of carbonyl (C=O) groups is 2. The summed E-state index contributed by atoms with van der Waals surface area (Å²) >= 11 is 0. The summed E-state index contributed by atoms with van der Waals surface area (Å²) in [4.78, 5) is 24.5. The first-order chi connectivity index (χ1) is 14.5. The molecule has 3 rings (SSSR count). The van der Waals surface area contributed by atoms with Crippen molar-refractivity contribution in [3.05, 3.63) is 72.7 Å². The molecule has 3 N–H and O–H groups in total. The summed E-state index contributed by atoms with van der Waals surface area (Å²) in [6.45, 7) is 4.77. The molecule has 0 aliphatic heterocycles. The van der Waals surface area contributed by atoms with E-state index in [9.17, 15) is 9.59 Å². The maximum absolute atomic E-state index is 12.4. The van der Waals surface area contributed by atoms with Gasteiger partial charge in [-0.15, -0.1) is 0 Å². The standard InChI is InChI=1S/C23H25N3O4/c1-16(2)15-30-20-10-4-3-9-19(20)26-22(27)14-24-17-7-5-8-18(13-17)25-23(28)21-11-6-12-29-21/h3-13,16,24H,14-15H2,1-2H3,(H,25,28)(H,26,27). The Kier molecular flexibility index (Phi) is 7.10. The average molecular weight is 407 g/mol. The highest BCUT2D eigenvalue weighted by Crippen LogP contribution is 2.24. The van der Waals surface area contributed by atoms with E-state index < -0.39 is 0 Å². The van der Waals surface area contributed by atoms with Gasteiger partial charge in [0.2, 0.25) is 5.91 Å². The minimum atomic E-state index is -0.340. The lowest BCUT2D eigenvalue weighted by Gasteiger charge is -2.14. The summed E-state index contributed by atoms with van der Waals surface area (Å²) in [6, 6.07) is 17.7. The number of carbonyl (C=O) groups excluding carboxylic acids is 2. The molecule has 0 aliphatic rings. The fourth-order valence-electron chi connectivity index (χ4n) is 2.64. The SMILES string of the molecule is CC(C)COc1ccccc1NC(=O)CNc1cccc(NC(=O)c2ccco2)c1. The Morgan fingerprint density at radius 3 is 2.53 bits per heavy atom. The second-order valence-corrected chi connectivity index (χ2v) is 7.11. The van der Waals surface area contributed by atoms with Crippen LogP contribution < -0.4 is 20.7 Å². The van der Waals surface area contributed by atoms with E-state index >= 15 is 0 Å². The van der Waals surface area contributed by atoms with Crippen LogP contribution in [-0.4, -0.2) is 25.0 Å². The smallest absolute Gasteiger partial charge is 0.291 e. The Morgan fingerprint density at radius 2 is 1.77 bits per heavy atom. The lowest BCUT2D eigenvalue weighted by Crippen LogP contribution is -2.22. The summed E-state index contributed by atoms with van der Waals surface area (Å²) in [6.07, 6.45) is 1.44. The number of anilines is 3. The third kappa shape index (κ3) is 6.13. The van der Waals surface area contributed by atoms with Gasteiger partial charge in [-0.2, -0.15) is 0 Å². The van der Waals surface area contributed by atoms with Crippen molar-refractivity contribution < 1.29 is 18.7 Å². The molecule has 2 aromatic carbocycles. The monoisotopic (exact) mass is 407 g/mol. The first-order valence-corrected chi connectivity index (χ1v) is 9.71. The molecule has 7 heteroatoms. The van der Waals surface area contributed by atoms with E-state index in [0.717, 1.165) is 0 Å². The van der Waals surface area contributed by atoms with Crippen molar-refractivity contribution in [2.75, 3.05) is 29.1 Å². The van der Waals surface area contributed by atoms with Crippen LogP contribution in [0.5, 0.6) is 5.75 Å². The summed E-state index contributed by atoms with van der Waals surface area (Å²) in [5.41, 5.74) is 1.92. The predicted molar refractivity (Wildman–Crippen MR) is 117 cm³/mol. The molecule has 3 aromatic rings. The molecule has 0 bridgehead atoms. The molecule has 0 aliphatic carbocycles. The molecule has 156 valence electrons. The van der Waals surface area contributed by atoms with E-state index in [0.29, 0.717) is 35.3 Å². The Morgan fingerprint density at radius 1 is 0.967 bits per heavy atom. The van der Waals surface area contributed by atoms with Crippen LogP contribution >= 0.6 is 0 Å². The Balaban J connectivity index is 1.55. The predicted octanol–water partition coefficient (Wildman–Crippen LogP) is 4.62. The molecule has 0 unspecified atom stereocenters. The summed E-state index contributed by atoms with van der Waals surface area (Å²) in [7, 11) is 0. The van der Waals surface area contributed by atoms with Crippen LogP contribution in [-0.2, 0) is 4.79 Å². The molecule has 7 nitrogen and oxygen atoms in total. The zero-order valence-corrected chi connectivity index (χ0v) is 17.0. The van der Waals surface area contributed by atoms with Gasteiger partial charge in [-0.25, -0.2) is 0 Å². The molecule has 0 saturated heterocycles. The molecule has 2 amide bonds. The molecular formula is C23H25N3O4. The van der Waals surface area contributed by atoms with E-state index in [1.54, 1.807) is 36.4 Å². The minimum absolute atomic E-state index is 0.0636. The first kappa shape index (κ1) is 21.0. The van der Waals surface area contributed by atoms with Crippen molar-refractivity contribution in [3.63, 3.8) is 0 Å². The average Bonchev–Trinajstić information content (AvgIpc) is 3.27. The molecule has 0 spiro atoms. The topological polar surface area (TPSA) is 92.6 Å². The number of hydrogen-bond donors (Lipinski definition) is 3. The first-order valence-electron chi connectivity index (χ1n) is 9.71. The van der Waals surface area contributed by atoms with Crippen LogP contribution in [0.2, 0.25) is 0 Å². The Bertz CT molecular complexity index is 984. The van der Waals surface area contributed by atoms with Crippen LogP contribution in [0.3, 0.4) is 0 Å². The summed E-state index contributed by atoms with van der Waals surface area (Å²) in [5, 5.41) is 8.67. The molecular weight excluding hydrogens is 382 g/mol. The molecule has 0 atom stereocenters. The van der Waals surface area contributed by atoms with Crippen LogP contribution in [0.1, 0.15) is 24.4 Å². The van der Waals surface area contributed by atoms with Gasteiger partial charge in [-0.1, -0.05) is 32.0 Å². The van der Waals surface area contributed by atoms with Gasteiger partial charge in [-0.05, 0) is 48.4 Å². The lowest BCUT2D eigenvalue weighted by atomic mass is 10.2. The van der Waals surface area contributed by atoms with Crippen LogP contribution in [0.15, 0.2) is 71.3 Å². The number of rotatable bonds is 9. The van der Waals surface area contributed by atoms with Crippen LogP contribution in [0.4, 0.5) is 17.1 Å². The fourth-order valence-corrected chi connectivity index (χ4v) is 2.64. The Labute approximate surface area is 175 Å². The molecule has 0 saturated carbocycles. The zero-order valence-electron chi connectivity index (χ0n) is 17.0. The van der Waals surface area contributed by atoms with Gasteiger partial charge in [-0.3, -0.25) is 9.59 Å². The maximum Gasteiger partial charge on any atom is 0.291 e. The highest BCUT2D eigenvalue weighted by atomic mass is 16.5. The maximum atomic E-state index is 12.4. The minimum Gasteiger partial charge on any atom is -0.491 e. The van der Waals surface area contributed by atoms with Gasteiger partial charge in [0.15, 0.2) is 5.76 Å². The van der Waals surface area contributed by atoms with Crippen LogP contribution in [0.25, 0.3) is 0 Å². The molecule has 1 aromatic heterocycles. The second kappa shape index (κ2) is 10.2. The van der Waals surface area contributed by atoms with E-state index in [4.69, 9.17) is 9.15 Å². The third-order valence-electron chi connectivity index (χ3n) is 4.05. The fraction of sp³-hybridized carbons (Fsp3) is 0.217. The van der Waals surface area contributed by atoms with E-state index in [1.807, 2.05) is 24.3 Å².